The lowest BCUT2D eigenvalue weighted by molar-refractivity contribution is -0.163. The SMILES string of the molecule is CC(C)(C)C(=O)OCOP(=O)(OCOC(=O)C(C)(C)C)OC[C@H]1O[C@@H](n2nnc3c(N)ncnc32)C[C@H]1O.OC[C@H]1O[C@@H](n2cnc3c2NC=NC[C@H]3O)C[C@@H]1O. The van der Waals surface area contributed by atoms with Crippen LogP contribution in [0.2, 0.25) is 0 Å². The number of fused-ring (bicyclic) bond motifs is 2. The number of phosphoric ester groups is 1. The maximum Gasteiger partial charge on any atom is 0.480 e. The smallest absolute Gasteiger partial charge is 0.437 e. The number of aliphatic imine (C=N–C) groups is 1. The third-order valence-electron chi connectivity index (χ3n) is 8.59. The highest BCUT2D eigenvalue weighted by Crippen LogP contribution is 2.50. The molecule has 2 fully saturated rings. The Kier molecular flexibility index (Phi) is 14.0. The highest BCUT2D eigenvalue weighted by Gasteiger charge is 2.40. The van der Waals surface area contributed by atoms with Crippen LogP contribution in [0.5, 0.6) is 0 Å². The topological polar surface area (TPSA) is 321 Å². The number of nitrogen functional groups attached to an aromatic ring is 1. The van der Waals surface area contributed by atoms with Gasteiger partial charge in [-0.25, -0.2) is 28.6 Å². The fourth-order valence-corrected chi connectivity index (χ4v) is 6.29. The molecule has 0 unspecified atom stereocenters. The van der Waals surface area contributed by atoms with Crippen LogP contribution in [0, 0.1) is 10.8 Å². The molecule has 3 aliphatic heterocycles. The third kappa shape index (κ3) is 10.8. The van der Waals surface area contributed by atoms with Crippen LogP contribution in [0.3, 0.4) is 0 Å². The van der Waals surface area contributed by atoms with Crippen LogP contribution in [0.15, 0.2) is 17.6 Å². The number of aliphatic hydroxyl groups is 4. The number of rotatable bonds is 12. The molecule has 25 heteroatoms. The standard InChI is InChI=1S/C21H33N6O10P.C11H16N4O4/c1-20(2,3)18(29)32-10-35-38(31,36-11-33-19(30)21(4,5)6)34-8-13-12(28)7-14(37-13)27-17-15(25-26-27)16(22)23-9-24-17;16-3-8-6(17)1-9(19-8)15-5-14-10-7(18)2-12-4-13-11(10)15/h9,12-14,28H,7-8,10-11H2,1-6H3,(H2,22,23,24);4-9,16-18H,1-3H2,(H,12,13)/t12-,13-,14-;6-,7+,8+,9+/m10/s1. The molecule has 0 amide bonds. The molecule has 7 atom stereocenters. The number of hydrogen-bond acceptors (Lipinski definition) is 22. The summed E-state index contributed by atoms with van der Waals surface area (Å²) in [6, 6.07) is 0. The molecule has 7 N–H and O–H groups in total. The van der Waals surface area contributed by atoms with Crippen molar-refractivity contribution in [1.82, 2.24) is 34.5 Å². The van der Waals surface area contributed by atoms with E-state index < -0.39 is 93.8 Å². The average molecular weight is 829 g/mol. The van der Waals surface area contributed by atoms with Gasteiger partial charge in [-0.05, 0) is 41.5 Å². The van der Waals surface area contributed by atoms with Crippen molar-refractivity contribution in [2.75, 3.05) is 44.4 Å². The summed E-state index contributed by atoms with van der Waals surface area (Å²) in [6.45, 7) is 7.80. The van der Waals surface area contributed by atoms with Gasteiger partial charge in [0.1, 0.15) is 42.4 Å². The van der Waals surface area contributed by atoms with Crippen molar-refractivity contribution in [2.24, 2.45) is 15.8 Å². The van der Waals surface area contributed by atoms with Gasteiger partial charge in [0.2, 0.25) is 13.6 Å². The summed E-state index contributed by atoms with van der Waals surface area (Å²) in [5.74, 6) is -0.506. The first kappa shape index (κ1) is 43.9. The van der Waals surface area contributed by atoms with Gasteiger partial charge in [0, 0.05) is 12.8 Å². The molecule has 24 nitrogen and oxygen atoms in total. The lowest BCUT2D eigenvalue weighted by atomic mass is 9.98. The number of anilines is 2. The van der Waals surface area contributed by atoms with Gasteiger partial charge >= 0.3 is 19.8 Å². The van der Waals surface area contributed by atoms with Crippen LogP contribution < -0.4 is 11.1 Å². The van der Waals surface area contributed by atoms with Gasteiger partial charge in [0.05, 0.1) is 55.5 Å². The lowest BCUT2D eigenvalue weighted by Gasteiger charge is -2.23. The quantitative estimate of drug-likeness (QED) is 0.0832. The number of aliphatic hydroxyl groups excluding tert-OH is 4. The molecule has 0 aromatic carbocycles. The number of nitrogens with two attached hydrogens (primary N) is 1. The fraction of sp³-hybridized carbons (Fsp3) is 0.688. The van der Waals surface area contributed by atoms with Crippen molar-refractivity contribution in [3.05, 3.63) is 18.3 Å². The predicted octanol–water partition coefficient (Wildman–Crippen LogP) is 0.714. The van der Waals surface area contributed by atoms with Gasteiger partial charge in [-0.2, -0.15) is 4.68 Å². The zero-order valence-corrected chi connectivity index (χ0v) is 33.1. The van der Waals surface area contributed by atoms with E-state index in [4.69, 9.17) is 43.4 Å². The Labute approximate surface area is 326 Å². The summed E-state index contributed by atoms with van der Waals surface area (Å²) in [5, 5.41) is 50.1. The van der Waals surface area contributed by atoms with Crippen molar-refractivity contribution in [1.29, 1.82) is 0 Å². The number of phosphoric acid groups is 1. The number of nitrogens with one attached hydrogen (secondary N) is 1. The van der Waals surface area contributed by atoms with Gasteiger partial charge in [-0.1, -0.05) is 5.21 Å². The molecule has 57 heavy (non-hydrogen) atoms. The van der Waals surface area contributed by atoms with Gasteiger partial charge in [0.15, 0.2) is 23.2 Å². The number of carbonyl (C=O) groups excluding carboxylic acids is 2. The molecule has 3 aromatic rings. The van der Waals surface area contributed by atoms with Crippen LogP contribution in [-0.4, -0.2) is 131 Å². The second-order valence-electron chi connectivity index (χ2n) is 15.2. The third-order valence-corrected chi connectivity index (χ3v) is 9.90. The average Bonchev–Trinajstić information content (AvgIpc) is 3.92. The van der Waals surface area contributed by atoms with Crippen LogP contribution in [-0.2, 0) is 46.7 Å². The molecule has 0 aliphatic carbocycles. The Bertz CT molecular complexity index is 1890. The molecular formula is C32H49N10O14P. The van der Waals surface area contributed by atoms with Crippen molar-refractivity contribution in [3.8, 4) is 0 Å². The number of ether oxygens (including phenoxy) is 4. The molecule has 3 aromatic heterocycles. The van der Waals surface area contributed by atoms with Gasteiger partial charge < -0.3 is 50.4 Å². The largest absolute Gasteiger partial charge is 0.480 e. The molecule has 6 rings (SSSR count). The molecule has 0 radical (unpaired) electrons. The Morgan fingerprint density at radius 2 is 1.54 bits per heavy atom. The Morgan fingerprint density at radius 3 is 2.16 bits per heavy atom. The number of esters is 2. The maximum absolute atomic E-state index is 13.2. The molecule has 316 valence electrons. The number of hydrogen-bond donors (Lipinski definition) is 6. The Hall–Kier alpha value is -4.23. The van der Waals surface area contributed by atoms with Crippen LogP contribution in [0.4, 0.5) is 11.6 Å². The van der Waals surface area contributed by atoms with E-state index in [2.05, 4.69) is 35.6 Å². The van der Waals surface area contributed by atoms with Crippen LogP contribution >= 0.6 is 7.82 Å². The minimum atomic E-state index is -4.46. The molecule has 0 spiro atoms. The Balaban J connectivity index is 0.000000270. The highest BCUT2D eigenvalue weighted by atomic mass is 31.2. The van der Waals surface area contributed by atoms with E-state index in [1.807, 2.05) is 0 Å². The molecule has 0 bridgehead atoms. The molecule has 6 heterocycles. The molecule has 0 saturated carbocycles. The monoisotopic (exact) mass is 828 g/mol. The van der Waals surface area contributed by atoms with E-state index >= 15 is 0 Å². The fourth-order valence-electron chi connectivity index (χ4n) is 5.37. The minimum absolute atomic E-state index is 0.0782. The van der Waals surface area contributed by atoms with Crippen LogP contribution in [0.25, 0.3) is 11.2 Å². The van der Waals surface area contributed by atoms with Crippen molar-refractivity contribution >= 4 is 48.9 Å². The lowest BCUT2D eigenvalue weighted by Crippen LogP contribution is -2.27. The number of nitrogens with zero attached hydrogens (tertiary/aromatic N) is 8. The Morgan fingerprint density at radius 1 is 0.930 bits per heavy atom. The maximum atomic E-state index is 13.2. The summed E-state index contributed by atoms with van der Waals surface area (Å²) in [7, 11) is -4.46. The van der Waals surface area contributed by atoms with Crippen molar-refractivity contribution in [2.45, 2.75) is 97.4 Å². The highest BCUT2D eigenvalue weighted by molar-refractivity contribution is 7.48. The van der Waals surface area contributed by atoms with Crippen molar-refractivity contribution in [3.63, 3.8) is 0 Å². The summed E-state index contributed by atoms with van der Waals surface area (Å²) in [6.07, 6.45) is -0.594. The second-order valence-corrected chi connectivity index (χ2v) is 16.8. The summed E-state index contributed by atoms with van der Waals surface area (Å²) < 4.78 is 53.1. The second kappa shape index (κ2) is 18.1. The van der Waals surface area contributed by atoms with E-state index in [1.54, 1.807) is 52.4 Å². The first-order valence-corrected chi connectivity index (χ1v) is 19.2. The number of carbonyl (C=O) groups is 2. The van der Waals surface area contributed by atoms with E-state index in [1.165, 1.54) is 17.3 Å². The van der Waals surface area contributed by atoms with Crippen molar-refractivity contribution < 1.29 is 67.1 Å². The summed E-state index contributed by atoms with van der Waals surface area (Å²) in [5.41, 5.74) is 5.18. The first-order chi connectivity index (χ1) is 26.8. The molecule has 2 saturated heterocycles. The number of imidazole rings is 1. The predicted molar refractivity (Wildman–Crippen MR) is 194 cm³/mol. The van der Waals surface area contributed by atoms with E-state index in [-0.39, 0.29) is 30.9 Å². The summed E-state index contributed by atoms with van der Waals surface area (Å²) >= 11 is 0. The molecule has 3 aliphatic rings. The molecular weight excluding hydrogens is 779 g/mol. The van der Waals surface area contributed by atoms with E-state index in [9.17, 15) is 29.5 Å². The first-order valence-electron chi connectivity index (χ1n) is 17.8. The minimum Gasteiger partial charge on any atom is -0.437 e. The van der Waals surface area contributed by atoms with E-state index in [0.717, 1.165) is 0 Å². The van der Waals surface area contributed by atoms with Gasteiger partial charge in [-0.3, -0.25) is 23.7 Å². The van der Waals surface area contributed by atoms with Gasteiger partial charge in [0.25, 0.3) is 0 Å². The normalized spacial score (nSPS) is 25.0. The number of aromatic nitrogens is 7. The summed E-state index contributed by atoms with van der Waals surface area (Å²) in [4.78, 5) is 40.1. The zero-order chi connectivity index (χ0) is 41.7. The van der Waals surface area contributed by atoms with Gasteiger partial charge in [-0.15, -0.1) is 5.10 Å². The zero-order valence-electron chi connectivity index (χ0n) is 32.2. The van der Waals surface area contributed by atoms with Crippen LogP contribution in [0.1, 0.15) is 78.6 Å². The van der Waals surface area contributed by atoms with E-state index in [0.29, 0.717) is 23.6 Å².